The van der Waals surface area contributed by atoms with Crippen molar-refractivity contribution in [2.45, 2.75) is 18.9 Å². The summed E-state index contributed by atoms with van der Waals surface area (Å²) in [4.78, 5) is 17.2. The maximum atomic E-state index is 12.0. The van der Waals surface area contributed by atoms with Crippen LogP contribution < -0.4 is 11.1 Å². The summed E-state index contributed by atoms with van der Waals surface area (Å²) in [5.41, 5.74) is 6.77. The summed E-state index contributed by atoms with van der Waals surface area (Å²) in [5.74, 6) is 0.645. The van der Waals surface area contributed by atoms with Crippen LogP contribution >= 0.6 is 58.7 Å². The average molecular weight is 427 g/mol. The number of hydrogen-bond acceptors (Lipinski definition) is 5. The zero-order valence-corrected chi connectivity index (χ0v) is 16.9. The first-order valence-corrected chi connectivity index (χ1v) is 9.90. The lowest BCUT2D eigenvalue weighted by atomic mass is 10.1. The molecule has 1 aromatic heterocycles. The van der Waals surface area contributed by atoms with Crippen molar-refractivity contribution in [1.29, 1.82) is 0 Å². The Morgan fingerprint density at radius 2 is 2.21 bits per heavy atom. The van der Waals surface area contributed by atoms with E-state index >= 15 is 0 Å². The van der Waals surface area contributed by atoms with Gasteiger partial charge in [0.25, 0.3) is 0 Å². The van der Waals surface area contributed by atoms with E-state index in [0.717, 1.165) is 16.2 Å². The van der Waals surface area contributed by atoms with Crippen molar-refractivity contribution in [2.75, 3.05) is 17.3 Å². The van der Waals surface area contributed by atoms with E-state index in [0.29, 0.717) is 28.0 Å². The highest BCUT2D eigenvalue weighted by Crippen LogP contribution is 2.27. The zero-order chi connectivity index (χ0) is 16.8. The zero-order valence-electron chi connectivity index (χ0n) is 12.9. The van der Waals surface area contributed by atoms with E-state index in [2.05, 4.69) is 10.3 Å². The first-order valence-electron chi connectivity index (χ1n) is 6.93. The minimum atomic E-state index is -0.517. The summed E-state index contributed by atoms with van der Waals surface area (Å²) in [7, 11) is 0. The molecule has 0 spiro atoms. The van der Waals surface area contributed by atoms with Crippen LogP contribution in [0.2, 0.25) is 10.0 Å². The van der Waals surface area contributed by atoms with Crippen LogP contribution in [0.25, 0.3) is 0 Å². The van der Waals surface area contributed by atoms with Gasteiger partial charge in [-0.15, -0.1) is 23.7 Å². The quantitative estimate of drug-likeness (QED) is 0.685. The van der Waals surface area contributed by atoms with Gasteiger partial charge in [-0.05, 0) is 42.2 Å². The van der Waals surface area contributed by atoms with Gasteiger partial charge in [-0.25, -0.2) is 4.98 Å². The number of rotatable bonds is 7. The number of anilines is 1. The number of benzene rings is 1. The van der Waals surface area contributed by atoms with Gasteiger partial charge in [0.15, 0.2) is 5.13 Å². The molecule has 0 aliphatic carbocycles. The summed E-state index contributed by atoms with van der Waals surface area (Å²) < 4.78 is 0. The van der Waals surface area contributed by atoms with Crippen molar-refractivity contribution in [3.8, 4) is 0 Å². The summed E-state index contributed by atoms with van der Waals surface area (Å²) in [6, 6.07) is 4.84. The largest absolute Gasteiger partial charge is 0.320 e. The number of nitrogens with one attached hydrogen (secondary N) is 1. The number of nitrogens with zero attached hydrogens (tertiary/aromatic N) is 1. The lowest BCUT2D eigenvalue weighted by Gasteiger charge is -2.09. The Balaban J connectivity index is 0.00000288. The number of thiazole rings is 1. The standard InChI is InChI=1S/C15H17Cl2N3OS2.ClH/c1-22-5-4-13(18)14(21)20-15-19-8-11(23-15)7-9-6-10(16)2-3-12(9)17;/h2-3,6,8,13H,4-5,7,18H2,1H3,(H,19,20,21);1H. The van der Waals surface area contributed by atoms with Gasteiger partial charge in [0.05, 0.1) is 6.04 Å². The molecule has 2 rings (SSSR count). The third-order valence-corrected chi connectivity index (χ3v) is 5.29. The number of amides is 1. The molecule has 0 radical (unpaired) electrons. The minimum absolute atomic E-state index is 0. The van der Waals surface area contributed by atoms with Gasteiger partial charge in [0.1, 0.15) is 0 Å². The molecular formula is C15H18Cl3N3OS2. The fourth-order valence-corrected chi connectivity index (χ4v) is 3.59. The van der Waals surface area contributed by atoms with Gasteiger partial charge < -0.3 is 11.1 Å². The molecule has 0 aliphatic heterocycles. The van der Waals surface area contributed by atoms with Gasteiger partial charge in [-0.1, -0.05) is 23.2 Å². The Morgan fingerprint density at radius 1 is 1.46 bits per heavy atom. The Labute approximate surface area is 165 Å². The number of thioether (sulfide) groups is 1. The van der Waals surface area contributed by atoms with E-state index < -0.39 is 6.04 Å². The Bertz CT molecular complexity index is 682. The van der Waals surface area contributed by atoms with Crippen LogP contribution in [0.1, 0.15) is 16.9 Å². The second-order valence-electron chi connectivity index (χ2n) is 4.92. The molecule has 9 heteroatoms. The monoisotopic (exact) mass is 425 g/mol. The number of carbonyl (C=O) groups is 1. The van der Waals surface area contributed by atoms with Crippen molar-refractivity contribution < 1.29 is 4.79 Å². The molecule has 3 N–H and O–H groups in total. The van der Waals surface area contributed by atoms with E-state index in [1.165, 1.54) is 11.3 Å². The maximum absolute atomic E-state index is 12.0. The molecule has 1 amide bonds. The van der Waals surface area contributed by atoms with Crippen molar-refractivity contribution in [1.82, 2.24) is 4.98 Å². The van der Waals surface area contributed by atoms with Crippen LogP contribution in [-0.2, 0) is 11.2 Å². The molecule has 0 fully saturated rings. The SMILES string of the molecule is CSCCC(N)C(=O)Nc1ncc(Cc2cc(Cl)ccc2Cl)s1.Cl. The van der Waals surface area contributed by atoms with Crippen LogP contribution in [0.15, 0.2) is 24.4 Å². The third-order valence-electron chi connectivity index (χ3n) is 3.13. The van der Waals surface area contributed by atoms with Crippen molar-refractivity contribution in [2.24, 2.45) is 5.73 Å². The molecule has 0 saturated carbocycles. The highest BCUT2D eigenvalue weighted by Gasteiger charge is 2.15. The molecule has 1 unspecified atom stereocenters. The predicted octanol–water partition coefficient (Wildman–Crippen LogP) is 4.48. The number of hydrogen-bond donors (Lipinski definition) is 2. The number of halogens is 3. The normalized spacial score (nSPS) is 11.7. The van der Waals surface area contributed by atoms with Crippen molar-refractivity contribution >= 4 is 69.7 Å². The molecule has 4 nitrogen and oxygen atoms in total. The minimum Gasteiger partial charge on any atom is -0.320 e. The Kier molecular flexibility index (Phi) is 9.41. The molecule has 2 aromatic rings. The second-order valence-corrected chi connectivity index (χ2v) is 7.87. The van der Waals surface area contributed by atoms with E-state index in [-0.39, 0.29) is 18.3 Å². The summed E-state index contributed by atoms with van der Waals surface area (Å²) >= 11 is 15.2. The molecular weight excluding hydrogens is 409 g/mol. The van der Waals surface area contributed by atoms with E-state index in [1.54, 1.807) is 30.1 Å². The predicted molar refractivity (Wildman–Crippen MR) is 108 cm³/mol. The lowest BCUT2D eigenvalue weighted by Crippen LogP contribution is -2.36. The molecule has 0 aliphatic rings. The van der Waals surface area contributed by atoms with Crippen molar-refractivity contribution in [3.63, 3.8) is 0 Å². The molecule has 24 heavy (non-hydrogen) atoms. The number of carbonyl (C=O) groups excluding carboxylic acids is 1. The maximum Gasteiger partial charge on any atom is 0.243 e. The Hall–Kier alpha value is -0.500. The van der Waals surface area contributed by atoms with E-state index in [9.17, 15) is 4.79 Å². The first-order chi connectivity index (χ1) is 11.0. The highest BCUT2D eigenvalue weighted by atomic mass is 35.5. The summed E-state index contributed by atoms with van der Waals surface area (Å²) in [6.45, 7) is 0. The third kappa shape index (κ3) is 6.43. The Morgan fingerprint density at radius 3 is 2.92 bits per heavy atom. The molecule has 132 valence electrons. The number of aromatic nitrogens is 1. The summed E-state index contributed by atoms with van der Waals surface area (Å²) in [6.07, 6.45) is 4.97. The number of nitrogens with two attached hydrogens (primary N) is 1. The van der Waals surface area contributed by atoms with Gasteiger partial charge >= 0.3 is 0 Å². The fraction of sp³-hybridized carbons (Fsp3) is 0.333. The lowest BCUT2D eigenvalue weighted by molar-refractivity contribution is -0.117. The highest BCUT2D eigenvalue weighted by molar-refractivity contribution is 7.98. The molecule has 1 aromatic carbocycles. The second kappa shape index (κ2) is 10.5. The van der Waals surface area contributed by atoms with Crippen LogP contribution in [-0.4, -0.2) is 28.9 Å². The van der Waals surface area contributed by atoms with E-state index in [1.807, 2.05) is 12.3 Å². The summed E-state index contributed by atoms with van der Waals surface area (Å²) in [5, 5.41) is 4.60. The van der Waals surface area contributed by atoms with Crippen LogP contribution in [0.5, 0.6) is 0 Å². The van der Waals surface area contributed by atoms with Gasteiger partial charge in [-0.2, -0.15) is 11.8 Å². The van der Waals surface area contributed by atoms with Crippen LogP contribution in [0.3, 0.4) is 0 Å². The topological polar surface area (TPSA) is 68.0 Å². The first kappa shape index (κ1) is 21.5. The van der Waals surface area contributed by atoms with E-state index in [4.69, 9.17) is 28.9 Å². The van der Waals surface area contributed by atoms with Crippen LogP contribution in [0.4, 0.5) is 5.13 Å². The molecule has 1 heterocycles. The fourth-order valence-electron chi connectivity index (χ4n) is 1.89. The smallest absolute Gasteiger partial charge is 0.243 e. The molecule has 0 saturated heterocycles. The van der Waals surface area contributed by atoms with Gasteiger partial charge in [-0.3, -0.25) is 4.79 Å². The molecule has 1 atom stereocenters. The van der Waals surface area contributed by atoms with Crippen LogP contribution in [0, 0.1) is 0 Å². The average Bonchev–Trinajstić information content (AvgIpc) is 2.95. The molecule has 0 bridgehead atoms. The van der Waals surface area contributed by atoms with Crippen molar-refractivity contribution in [3.05, 3.63) is 44.9 Å². The van der Waals surface area contributed by atoms with Gasteiger partial charge in [0, 0.05) is 27.5 Å². The van der Waals surface area contributed by atoms with Gasteiger partial charge in [0.2, 0.25) is 5.91 Å².